The largest absolute Gasteiger partial charge is 0.490 e. The van der Waals surface area contributed by atoms with Crippen molar-refractivity contribution in [3.63, 3.8) is 0 Å². The number of piperidine rings is 1. The zero-order valence-corrected chi connectivity index (χ0v) is 8.83. The summed E-state index contributed by atoms with van der Waals surface area (Å²) in [4.78, 5) is 0. The van der Waals surface area contributed by atoms with Gasteiger partial charge in [0.25, 0.3) is 0 Å². The second-order valence-electron chi connectivity index (χ2n) is 3.64. The van der Waals surface area contributed by atoms with Gasteiger partial charge in [0.2, 0.25) is 0 Å². The molecular weight excluding hydrogens is 198 g/mol. The number of rotatable bonds is 2. The molecule has 1 aromatic rings. The molecule has 0 spiro atoms. The van der Waals surface area contributed by atoms with Crippen LogP contribution in [0.15, 0.2) is 24.3 Å². The Hall–Kier alpha value is -0.730. The van der Waals surface area contributed by atoms with Crippen molar-refractivity contribution in [1.82, 2.24) is 0 Å². The Labute approximate surface area is 89.2 Å². The summed E-state index contributed by atoms with van der Waals surface area (Å²) in [7, 11) is 0. The summed E-state index contributed by atoms with van der Waals surface area (Å²) >= 11 is 5.88. The average Bonchev–Trinajstić information content (AvgIpc) is 2.19. The molecule has 0 aromatic heterocycles. The summed E-state index contributed by atoms with van der Waals surface area (Å²) in [6.07, 6.45) is 2.64. The number of hydrogen-bond donors (Lipinski definition) is 1. The van der Waals surface area contributed by atoms with Gasteiger partial charge in [-0.2, -0.15) is 0 Å². The fraction of sp³-hybridized carbons (Fsp3) is 0.455. The highest BCUT2D eigenvalue weighted by molar-refractivity contribution is 6.30. The standard InChI is InChI=1S/C11H14ClNO/c12-9-2-1-3-11(8-9)14-10-4-6-13-7-5-10/h1-3,8,10,13H,4-7H2/p+1. The molecule has 2 nitrogen and oxygen atoms in total. The fourth-order valence-electron chi connectivity index (χ4n) is 1.75. The first-order valence-electron chi connectivity index (χ1n) is 5.08. The van der Waals surface area contributed by atoms with Crippen LogP contribution >= 0.6 is 11.6 Å². The van der Waals surface area contributed by atoms with Gasteiger partial charge in [-0.3, -0.25) is 0 Å². The Morgan fingerprint density at radius 3 is 2.79 bits per heavy atom. The van der Waals surface area contributed by atoms with Crippen LogP contribution in [0.1, 0.15) is 12.8 Å². The number of ether oxygens (including phenoxy) is 1. The van der Waals surface area contributed by atoms with Gasteiger partial charge in [-0.15, -0.1) is 0 Å². The third-order valence-corrected chi connectivity index (χ3v) is 2.72. The highest BCUT2D eigenvalue weighted by Gasteiger charge is 2.16. The van der Waals surface area contributed by atoms with Crippen LogP contribution in [0.25, 0.3) is 0 Å². The molecule has 2 rings (SSSR count). The lowest BCUT2D eigenvalue weighted by Gasteiger charge is -2.21. The summed E-state index contributed by atoms with van der Waals surface area (Å²) in [5, 5.41) is 3.07. The van der Waals surface area contributed by atoms with E-state index in [1.807, 2.05) is 24.3 Å². The molecule has 0 amide bonds. The van der Waals surface area contributed by atoms with E-state index >= 15 is 0 Å². The van der Waals surface area contributed by atoms with Gasteiger partial charge in [0, 0.05) is 17.9 Å². The molecule has 0 unspecified atom stereocenters. The highest BCUT2D eigenvalue weighted by atomic mass is 35.5. The van der Waals surface area contributed by atoms with Crippen LogP contribution < -0.4 is 10.1 Å². The molecule has 0 atom stereocenters. The van der Waals surface area contributed by atoms with Crippen LogP contribution in [0.4, 0.5) is 0 Å². The van der Waals surface area contributed by atoms with E-state index in [9.17, 15) is 0 Å². The molecule has 1 saturated heterocycles. The summed E-state index contributed by atoms with van der Waals surface area (Å²) in [6, 6.07) is 7.62. The molecule has 2 N–H and O–H groups in total. The van der Waals surface area contributed by atoms with E-state index in [4.69, 9.17) is 16.3 Å². The molecule has 14 heavy (non-hydrogen) atoms. The van der Waals surface area contributed by atoms with Crippen molar-refractivity contribution in [2.45, 2.75) is 18.9 Å². The summed E-state index contributed by atoms with van der Waals surface area (Å²) in [5.41, 5.74) is 0. The number of quaternary nitrogens is 1. The average molecular weight is 213 g/mol. The maximum atomic E-state index is 5.88. The van der Waals surface area contributed by atoms with E-state index < -0.39 is 0 Å². The highest BCUT2D eigenvalue weighted by Crippen LogP contribution is 2.19. The molecule has 1 aliphatic rings. The van der Waals surface area contributed by atoms with Crippen molar-refractivity contribution in [2.24, 2.45) is 0 Å². The number of hydrogen-bond acceptors (Lipinski definition) is 1. The maximum Gasteiger partial charge on any atom is 0.121 e. The Morgan fingerprint density at radius 2 is 2.07 bits per heavy atom. The fourth-order valence-corrected chi connectivity index (χ4v) is 1.93. The first-order valence-corrected chi connectivity index (χ1v) is 5.46. The van der Waals surface area contributed by atoms with E-state index in [0.717, 1.165) is 23.6 Å². The number of benzene rings is 1. The van der Waals surface area contributed by atoms with Gasteiger partial charge in [0.15, 0.2) is 0 Å². The van der Waals surface area contributed by atoms with E-state index in [0.29, 0.717) is 6.10 Å². The molecule has 3 heteroatoms. The zero-order valence-electron chi connectivity index (χ0n) is 8.08. The van der Waals surface area contributed by atoms with Gasteiger partial charge in [-0.05, 0) is 18.2 Å². The maximum absolute atomic E-state index is 5.88. The molecule has 0 radical (unpaired) electrons. The minimum Gasteiger partial charge on any atom is -0.490 e. The summed E-state index contributed by atoms with van der Waals surface area (Å²) in [6.45, 7) is 2.34. The second-order valence-corrected chi connectivity index (χ2v) is 4.08. The Bertz CT molecular complexity index is 297. The zero-order chi connectivity index (χ0) is 9.80. The van der Waals surface area contributed by atoms with Crippen molar-refractivity contribution < 1.29 is 10.1 Å². The molecule has 1 heterocycles. The van der Waals surface area contributed by atoms with Crippen LogP contribution in [0, 0.1) is 0 Å². The van der Waals surface area contributed by atoms with Crippen LogP contribution in [0.5, 0.6) is 5.75 Å². The molecular formula is C11H15ClNO+. The topological polar surface area (TPSA) is 25.8 Å². The third kappa shape index (κ3) is 2.63. The van der Waals surface area contributed by atoms with Crippen molar-refractivity contribution in [3.8, 4) is 5.75 Å². The van der Waals surface area contributed by atoms with Crippen molar-refractivity contribution in [1.29, 1.82) is 0 Å². The first kappa shape index (κ1) is 9.81. The van der Waals surface area contributed by atoms with E-state index in [1.54, 1.807) is 0 Å². The molecule has 1 aliphatic heterocycles. The Morgan fingerprint density at radius 1 is 1.29 bits per heavy atom. The van der Waals surface area contributed by atoms with Gasteiger partial charge in [-0.1, -0.05) is 17.7 Å². The lowest BCUT2D eigenvalue weighted by Crippen LogP contribution is -2.86. The molecule has 0 bridgehead atoms. The SMILES string of the molecule is Clc1cccc(OC2CC[NH2+]CC2)c1. The van der Waals surface area contributed by atoms with Crippen LogP contribution in [0.3, 0.4) is 0 Å². The van der Waals surface area contributed by atoms with Crippen LogP contribution in [-0.4, -0.2) is 19.2 Å². The predicted molar refractivity (Wildman–Crippen MR) is 56.8 cm³/mol. The van der Waals surface area contributed by atoms with E-state index in [1.165, 1.54) is 13.1 Å². The first-order chi connectivity index (χ1) is 6.84. The van der Waals surface area contributed by atoms with Crippen molar-refractivity contribution >= 4 is 11.6 Å². The molecule has 0 aliphatic carbocycles. The Kier molecular flexibility index (Phi) is 3.27. The minimum atomic E-state index is 0.374. The minimum absolute atomic E-state index is 0.374. The number of nitrogens with two attached hydrogens (primary N) is 1. The van der Waals surface area contributed by atoms with Gasteiger partial charge < -0.3 is 10.1 Å². The van der Waals surface area contributed by atoms with Crippen LogP contribution in [-0.2, 0) is 0 Å². The second kappa shape index (κ2) is 4.67. The lowest BCUT2D eigenvalue weighted by molar-refractivity contribution is -0.664. The normalized spacial score (nSPS) is 18.1. The molecule has 0 saturated carbocycles. The summed E-state index contributed by atoms with van der Waals surface area (Å²) < 4.78 is 5.83. The van der Waals surface area contributed by atoms with Gasteiger partial charge in [0.1, 0.15) is 11.9 Å². The van der Waals surface area contributed by atoms with Gasteiger partial charge in [-0.25, -0.2) is 0 Å². The third-order valence-electron chi connectivity index (χ3n) is 2.48. The van der Waals surface area contributed by atoms with E-state index in [2.05, 4.69) is 5.32 Å². The monoisotopic (exact) mass is 212 g/mol. The Balaban J connectivity index is 1.95. The smallest absolute Gasteiger partial charge is 0.121 e. The number of halogens is 1. The summed E-state index contributed by atoms with van der Waals surface area (Å²) in [5.74, 6) is 0.893. The predicted octanol–water partition coefficient (Wildman–Crippen LogP) is 1.44. The molecule has 1 fully saturated rings. The van der Waals surface area contributed by atoms with E-state index in [-0.39, 0.29) is 0 Å². The van der Waals surface area contributed by atoms with Crippen molar-refractivity contribution in [3.05, 3.63) is 29.3 Å². The molecule has 76 valence electrons. The van der Waals surface area contributed by atoms with Crippen molar-refractivity contribution in [2.75, 3.05) is 13.1 Å². The lowest BCUT2D eigenvalue weighted by atomic mass is 10.1. The van der Waals surface area contributed by atoms with Gasteiger partial charge >= 0.3 is 0 Å². The molecule has 1 aromatic carbocycles. The quantitative estimate of drug-likeness (QED) is 0.789. The van der Waals surface area contributed by atoms with Gasteiger partial charge in [0.05, 0.1) is 13.1 Å². The van der Waals surface area contributed by atoms with Crippen LogP contribution in [0.2, 0.25) is 5.02 Å².